The molecule has 0 aliphatic carbocycles. The van der Waals surface area contributed by atoms with Crippen LogP contribution in [0.4, 0.5) is 8.78 Å². The van der Waals surface area contributed by atoms with E-state index in [9.17, 15) is 8.78 Å². The molecule has 0 N–H and O–H groups in total. The lowest BCUT2D eigenvalue weighted by atomic mass is 10.3. The quantitative estimate of drug-likeness (QED) is 0.796. The smallest absolute Gasteiger partial charge is 0.299 e. The van der Waals surface area contributed by atoms with Crippen molar-refractivity contribution in [1.82, 2.24) is 14.5 Å². The average molecular weight is 267 g/mol. The van der Waals surface area contributed by atoms with Crippen LogP contribution in [0.1, 0.15) is 32.1 Å². The fourth-order valence-electron chi connectivity index (χ4n) is 2.17. The number of unbranched alkanes of at least 4 members (excludes halogenated alkanes) is 1. The molecule has 0 aliphatic rings. The molecule has 1 aromatic heterocycles. The van der Waals surface area contributed by atoms with Crippen LogP contribution in [0.25, 0.3) is 11.0 Å². The van der Waals surface area contributed by atoms with E-state index in [-0.39, 0.29) is 0 Å². The maximum absolute atomic E-state index is 13.2. The molecule has 0 fully saturated rings. The third-order valence-corrected chi connectivity index (χ3v) is 3.17. The number of hydrogen-bond acceptors (Lipinski definition) is 2. The van der Waals surface area contributed by atoms with E-state index in [0.29, 0.717) is 23.4 Å². The van der Waals surface area contributed by atoms with Gasteiger partial charge in [0.25, 0.3) is 0 Å². The molecule has 0 amide bonds. The van der Waals surface area contributed by atoms with E-state index in [1.165, 1.54) is 0 Å². The first kappa shape index (κ1) is 13.9. The van der Waals surface area contributed by atoms with E-state index in [2.05, 4.69) is 11.9 Å². The number of rotatable bonds is 6. The maximum atomic E-state index is 13.2. The predicted molar refractivity (Wildman–Crippen MR) is 72.2 cm³/mol. The summed E-state index contributed by atoms with van der Waals surface area (Å²) in [4.78, 5) is 6.35. The Morgan fingerprint density at radius 2 is 2.05 bits per heavy atom. The van der Waals surface area contributed by atoms with Crippen LogP contribution in [-0.4, -0.2) is 28.0 Å². The van der Waals surface area contributed by atoms with E-state index in [1.54, 1.807) is 18.2 Å². The molecule has 19 heavy (non-hydrogen) atoms. The normalized spacial score (nSPS) is 11.9. The average Bonchev–Trinajstić information content (AvgIpc) is 2.74. The van der Waals surface area contributed by atoms with E-state index >= 15 is 0 Å². The van der Waals surface area contributed by atoms with Gasteiger partial charge in [-0.1, -0.05) is 25.5 Å². The van der Waals surface area contributed by atoms with Gasteiger partial charge in [-0.05, 0) is 32.1 Å². The molecule has 0 radical (unpaired) electrons. The molecule has 2 rings (SSSR count). The first-order valence-electron chi connectivity index (χ1n) is 6.56. The van der Waals surface area contributed by atoms with Crippen molar-refractivity contribution >= 4 is 11.0 Å². The van der Waals surface area contributed by atoms with Gasteiger partial charge in [0, 0.05) is 0 Å². The summed E-state index contributed by atoms with van der Waals surface area (Å²) in [7, 11) is 1.94. The summed E-state index contributed by atoms with van der Waals surface area (Å²) in [5.74, 6) is 0.426. The zero-order chi connectivity index (χ0) is 13.8. The summed E-state index contributed by atoms with van der Waals surface area (Å²) in [6, 6.07) is 7.02. The highest BCUT2D eigenvalue weighted by Gasteiger charge is 2.18. The molecule has 0 bridgehead atoms. The van der Waals surface area contributed by atoms with Crippen LogP contribution in [0.3, 0.4) is 0 Å². The molecule has 0 saturated heterocycles. The number of halogens is 2. The highest BCUT2D eigenvalue weighted by molar-refractivity contribution is 5.75. The number of hydrogen-bond donors (Lipinski definition) is 0. The van der Waals surface area contributed by atoms with Crippen molar-refractivity contribution in [1.29, 1.82) is 0 Å². The maximum Gasteiger partial charge on any atom is 0.320 e. The fourth-order valence-corrected chi connectivity index (χ4v) is 2.17. The van der Waals surface area contributed by atoms with E-state index in [4.69, 9.17) is 0 Å². The summed E-state index contributed by atoms with van der Waals surface area (Å²) in [5.41, 5.74) is 1.12. The van der Waals surface area contributed by atoms with Crippen molar-refractivity contribution < 1.29 is 8.78 Å². The zero-order valence-corrected chi connectivity index (χ0v) is 11.3. The molecule has 1 aromatic carbocycles. The minimum Gasteiger partial charge on any atom is -0.299 e. The van der Waals surface area contributed by atoms with Crippen LogP contribution in [-0.2, 0) is 6.54 Å². The summed E-state index contributed by atoms with van der Waals surface area (Å²) < 4.78 is 27.4. The number of aromatic nitrogens is 2. The number of fused-ring (bicyclic) bond motifs is 1. The third kappa shape index (κ3) is 3.10. The van der Waals surface area contributed by atoms with Crippen molar-refractivity contribution in [2.45, 2.75) is 32.9 Å². The van der Waals surface area contributed by atoms with Crippen LogP contribution < -0.4 is 0 Å². The summed E-state index contributed by atoms with van der Waals surface area (Å²) >= 11 is 0. The van der Waals surface area contributed by atoms with Crippen LogP contribution >= 0.6 is 0 Å². The van der Waals surface area contributed by atoms with Gasteiger partial charge < -0.3 is 0 Å². The second-order valence-electron chi connectivity index (χ2n) is 4.76. The predicted octanol–water partition coefficient (Wildman–Crippen LogP) is 3.66. The third-order valence-electron chi connectivity index (χ3n) is 3.17. The molecule has 0 aliphatic heterocycles. The van der Waals surface area contributed by atoms with E-state index in [1.807, 2.05) is 18.0 Å². The van der Waals surface area contributed by atoms with Gasteiger partial charge in [-0.3, -0.25) is 9.47 Å². The zero-order valence-electron chi connectivity index (χ0n) is 11.3. The first-order chi connectivity index (χ1) is 9.13. The van der Waals surface area contributed by atoms with E-state index < -0.39 is 6.55 Å². The Morgan fingerprint density at radius 1 is 1.32 bits per heavy atom. The second kappa shape index (κ2) is 6.10. The Kier molecular flexibility index (Phi) is 4.47. The van der Waals surface area contributed by atoms with Crippen LogP contribution in [0.5, 0.6) is 0 Å². The van der Waals surface area contributed by atoms with Crippen molar-refractivity contribution in [3.8, 4) is 0 Å². The van der Waals surface area contributed by atoms with Crippen molar-refractivity contribution in [2.24, 2.45) is 0 Å². The number of alkyl halides is 2. The molecular weight excluding hydrogens is 248 g/mol. The summed E-state index contributed by atoms with van der Waals surface area (Å²) in [6.45, 7) is 0.895. The Hall–Kier alpha value is -1.49. The van der Waals surface area contributed by atoms with Crippen LogP contribution in [0, 0.1) is 0 Å². The standard InChI is InChI=1S/C14H19F2N3/c1-3-4-9-18(2)10-13-17-11-7-5-6-8-12(11)19(13)14(15)16/h5-8,14H,3-4,9-10H2,1-2H3. The SMILES string of the molecule is CCCCN(C)Cc1nc2ccccc2n1C(F)F. The molecule has 0 atom stereocenters. The highest BCUT2D eigenvalue weighted by Crippen LogP contribution is 2.23. The molecule has 5 heteroatoms. The Labute approximate surface area is 111 Å². The molecule has 1 heterocycles. The van der Waals surface area contributed by atoms with Gasteiger partial charge in [0.05, 0.1) is 17.6 Å². The van der Waals surface area contributed by atoms with Gasteiger partial charge in [0.15, 0.2) is 0 Å². The van der Waals surface area contributed by atoms with E-state index in [0.717, 1.165) is 24.0 Å². The van der Waals surface area contributed by atoms with Gasteiger partial charge in [-0.2, -0.15) is 8.78 Å². The van der Waals surface area contributed by atoms with Crippen molar-refractivity contribution in [2.75, 3.05) is 13.6 Å². The van der Waals surface area contributed by atoms with Gasteiger partial charge >= 0.3 is 6.55 Å². The van der Waals surface area contributed by atoms with Gasteiger partial charge in [-0.25, -0.2) is 4.98 Å². The first-order valence-corrected chi connectivity index (χ1v) is 6.56. The number of para-hydroxylation sites is 2. The molecule has 0 saturated carbocycles. The second-order valence-corrected chi connectivity index (χ2v) is 4.76. The lowest BCUT2D eigenvalue weighted by molar-refractivity contribution is 0.0690. The Balaban J connectivity index is 2.29. The molecule has 2 aromatic rings. The molecular formula is C14H19F2N3. The van der Waals surface area contributed by atoms with Crippen molar-refractivity contribution in [3.05, 3.63) is 30.1 Å². The molecule has 104 valence electrons. The minimum absolute atomic E-state index is 0.426. The lowest BCUT2D eigenvalue weighted by Crippen LogP contribution is -2.21. The summed E-state index contributed by atoms with van der Waals surface area (Å²) in [6.07, 6.45) is 2.15. The largest absolute Gasteiger partial charge is 0.320 e. The Morgan fingerprint density at radius 3 is 2.74 bits per heavy atom. The number of nitrogens with zero attached hydrogens (tertiary/aromatic N) is 3. The van der Waals surface area contributed by atoms with Crippen LogP contribution in [0.15, 0.2) is 24.3 Å². The van der Waals surface area contributed by atoms with Gasteiger partial charge in [0.1, 0.15) is 5.82 Å². The molecule has 0 unspecified atom stereocenters. The number of benzene rings is 1. The number of imidazole rings is 1. The monoisotopic (exact) mass is 267 g/mol. The molecule has 0 spiro atoms. The summed E-state index contributed by atoms with van der Waals surface area (Å²) in [5, 5.41) is 0. The minimum atomic E-state index is -2.55. The highest BCUT2D eigenvalue weighted by atomic mass is 19.3. The topological polar surface area (TPSA) is 21.1 Å². The van der Waals surface area contributed by atoms with Crippen LogP contribution in [0.2, 0.25) is 0 Å². The van der Waals surface area contributed by atoms with Gasteiger partial charge in [0.2, 0.25) is 0 Å². The van der Waals surface area contributed by atoms with Crippen molar-refractivity contribution in [3.63, 3.8) is 0 Å². The lowest BCUT2D eigenvalue weighted by Gasteiger charge is -2.16. The van der Waals surface area contributed by atoms with Gasteiger partial charge in [-0.15, -0.1) is 0 Å². The Bertz CT molecular complexity index is 536. The fraction of sp³-hybridized carbons (Fsp3) is 0.500. The molecule has 3 nitrogen and oxygen atoms in total.